The molecule has 100 valence electrons. The summed E-state index contributed by atoms with van der Waals surface area (Å²) in [6.07, 6.45) is 6.48. The fourth-order valence-electron chi connectivity index (χ4n) is 2.52. The van der Waals surface area contributed by atoms with E-state index in [0.717, 1.165) is 18.5 Å². The van der Waals surface area contributed by atoms with Crippen molar-refractivity contribution < 1.29 is 4.79 Å². The van der Waals surface area contributed by atoms with Gasteiger partial charge in [-0.05, 0) is 25.0 Å². The lowest BCUT2D eigenvalue weighted by atomic mass is 10.3. The highest BCUT2D eigenvalue weighted by Gasteiger charge is 2.29. The molecule has 1 fully saturated rings. The molecule has 0 N–H and O–H groups in total. The molecule has 1 aliphatic heterocycles. The van der Waals surface area contributed by atoms with E-state index in [1.54, 1.807) is 24.0 Å². The smallest absolute Gasteiger partial charge is 0.272 e. The summed E-state index contributed by atoms with van der Waals surface area (Å²) in [4.78, 5) is 14.2. The second-order valence-electron chi connectivity index (χ2n) is 5.03. The number of amides is 1. The summed E-state index contributed by atoms with van der Waals surface area (Å²) in [5.41, 5.74) is 1.79. The number of aromatic nitrogens is 4. The minimum Gasteiger partial charge on any atom is -0.335 e. The summed E-state index contributed by atoms with van der Waals surface area (Å²) in [6, 6.07) is 2.04. The minimum absolute atomic E-state index is 0.0476. The molecule has 0 aromatic carbocycles. The van der Waals surface area contributed by atoms with Crippen molar-refractivity contribution in [1.82, 2.24) is 24.5 Å². The van der Waals surface area contributed by atoms with Crippen LogP contribution in [0.2, 0.25) is 0 Å². The molecule has 6 nitrogen and oxygen atoms in total. The van der Waals surface area contributed by atoms with E-state index in [1.807, 2.05) is 28.9 Å². The Morgan fingerprint density at radius 1 is 1.42 bits per heavy atom. The molecule has 0 saturated carbocycles. The van der Waals surface area contributed by atoms with Crippen LogP contribution >= 0.6 is 0 Å². The Hall–Kier alpha value is -2.11. The lowest BCUT2D eigenvalue weighted by molar-refractivity contribution is 0.0776. The SMILES string of the molecule is Cc1cnn(C2CCN(C(=O)c3ccnn3C)C2)c1. The van der Waals surface area contributed by atoms with Crippen LogP contribution in [-0.2, 0) is 7.05 Å². The van der Waals surface area contributed by atoms with E-state index in [-0.39, 0.29) is 11.9 Å². The van der Waals surface area contributed by atoms with Gasteiger partial charge in [-0.1, -0.05) is 0 Å². The molecule has 2 aromatic heterocycles. The van der Waals surface area contributed by atoms with Crippen LogP contribution in [-0.4, -0.2) is 43.5 Å². The topological polar surface area (TPSA) is 56.0 Å². The van der Waals surface area contributed by atoms with Crippen molar-refractivity contribution in [2.75, 3.05) is 13.1 Å². The molecule has 1 aliphatic rings. The Morgan fingerprint density at radius 2 is 2.26 bits per heavy atom. The molecule has 3 heterocycles. The van der Waals surface area contributed by atoms with E-state index in [0.29, 0.717) is 12.2 Å². The average Bonchev–Trinajstić information content (AvgIpc) is 3.07. The molecule has 1 saturated heterocycles. The molecule has 2 aromatic rings. The highest BCUT2D eigenvalue weighted by atomic mass is 16.2. The maximum absolute atomic E-state index is 12.3. The standard InChI is InChI=1S/C13H17N5O/c1-10-7-15-18(8-10)11-4-6-17(9-11)13(19)12-3-5-14-16(12)2/h3,5,7-8,11H,4,6,9H2,1-2H3. The van der Waals surface area contributed by atoms with Crippen LogP contribution in [0, 0.1) is 6.92 Å². The summed E-state index contributed by atoms with van der Waals surface area (Å²) in [6.45, 7) is 3.51. The van der Waals surface area contributed by atoms with Crippen molar-refractivity contribution in [3.63, 3.8) is 0 Å². The monoisotopic (exact) mass is 259 g/mol. The molecule has 19 heavy (non-hydrogen) atoms. The van der Waals surface area contributed by atoms with Gasteiger partial charge in [-0.2, -0.15) is 10.2 Å². The zero-order valence-corrected chi connectivity index (χ0v) is 11.2. The molecule has 6 heteroatoms. The van der Waals surface area contributed by atoms with Crippen LogP contribution in [0.25, 0.3) is 0 Å². The molecule has 0 radical (unpaired) electrons. The minimum atomic E-state index is 0.0476. The molecular formula is C13H17N5O. The van der Waals surface area contributed by atoms with Gasteiger partial charge in [0.15, 0.2) is 0 Å². The predicted octanol–water partition coefficient (Wildman–Crippen LogP) is 1.01. The summed E-state index contributed by atoms with van der Waals surface area (Å²) in [5, 5.41) is 8.37. The van der Waals surface area contributed by atoms with Crippen molar-refractivity contribution in [2.45, 2.75) is 19.4 Å². The number of hydrogen-bond donors (Lipinski definition) is 0. The molecular weight excluding hydrogens is 242 g/mol. The van der Waals surface area contributed by atoms with E-state index in [1.165, 1.54) is 0 Å². The van der Waals surface area contributed by atoms with E-state index in [4.69, 9.17) is 0 Å². The first-order chi connectivity index (χ1) is 9.15. The zero-order chi connectivity index (χ0) is 13.4. The fraction of sp³-hybridized carbons (Fsp3) is 0.462. The molecule has 0 spiro atoms. The van der Waals surface area contributed by atoms with Crippen LogP contribution < -0.4 is 0 Å². The van der Waals surface area contributed by atoms with Crippen molar-refractivity contribution in [2.24, 2.45) is 7.05 Å². The number of likely N-dealkylation sites (tertiary alicyclic amines) is 1. The number of aryl methyl sites for hydroxylation is 2. The highest BCUT2D eigenvalue weighted by molar-refractivity contribution is 5.92. The Bertz CT molecular complexity index is 600. The Balaban J connectivity index is 1.72. The van der Waals surface area contributed by atoms with Gasteiger partial charge >= 0.3 is 0 Å². The average molecular weight is 259 g/mol. The lowest BCUT2D eigenvalue weighted by Gasteiger charge is -2.16. The van der Waals surface area contributed by atoms with Crippen molar-refractivity contribution in [3.05, 3.63) is 35.9 Å². The van der Waals surface area contributed by atoms with Crippen molar-refractivity contribution in [1.29, 1.82) is 0 Å². The maximum atomic E-state index is 12.3. The van der Waals surface area contributed by atoms with Crippen LogP contribution in [0.1, 0.15) is 28.5 Å². The lowest BCUT2D eigenvalue weighted by Crippen LogP contribution is -2.30. The Morgan fingerprint density at radius 3 is 2.89 bits per heavy atom. The second kappa shape index (κ2) is 4.53. The molecule has 1 unspecified atom stereocenters. The van der Waals surface area contributed by atoms with Gasteiger partial charge in [0.2, 0.25) is 0 Å². The summed E-state index contributed by atoms with van der Waals surface area (Å²) in [7, 11) is 1.79. The second-order valence-corrected chi connectivity index (χ2v) is 5.03. The van der Waals surface area contributed by atoms with Gasteiger partial charge in [0.1, 0.15) is 5.69 Å². The molecule has 3 rings (SSSR count). The Kier molecular flexibility index (Phi) is 2.85. The first-order valence-corrected chi connectivity index (χ1v) is 6.43. The number of carbonyl (C=O) groups excluding carboxylic acids is 1. The molecule has 1 amide bonds. The van der Waals surface area contributed by atoms with Crippen molar-refractivity contribution in [3.8, 4) is 0 Å². The molecule has 0 bridgehead atoms. The van der Waals surface area contributed by atoms with Crippen LogP contribution in [0.4, 0.5) is 0 Å². The van der Waals surface area contributed by atoms with Gasteiger partial charge in [0.05, 0.1) is 12.2 Å². The van der Waals surface area contributed by atoms with Crippen LogP contribution in [0.15, 0.2) is 24.7 Å². The van der Waals surface area contributed by atoms with E-state index >= 15 is 0 Å². The fourth-order valence-corrected chi connectivity index (χ4v) is 2.52. The van der Waals surface area contributed by atoms with Gasteiger partial charge in [-0.3, -0.25) is 14.2 Å². The van der Waals surface area contributed by atoms with Crippen molar-refractivity contribution >= 4 is 5.91 Å². The maximum Gasteiger partial charge on any atom is 0.272 e. The number of hydrogen-bond acceptors (Lipinski definition) is 3. The van der Waals surface area contributed by atoms with Gasteiger partial charge in [0, 0.05) is 32.5 Å². The quantitative estimate of drug-likeness (QED) is 0.809. The van der Waals surface area contributed by atoms with Gasteiger partial charge < -0.3 is 4.90 Å². The number of nitrogens with zero attached hydrogens (tertiary/aromatic N) is 5. The summed E-state index contributed by atoms with van der Waals surface area (Å²) >= 11 is 0. The van der Waals surface area contributed by atoms with E-state index in [2.05, 4.69) is 10.2 Å². The number of rotatable bonds is 2. The third-order valence-corrected chi connectivity index (χ3v) is 3.60. The molecule has 1 atom stereocenters. The first kappa shape index (κ1) is 12.0. The van der Waals surface area contributed by atoms with Gasteiger partial charge in [-0.15, -0.1) is 0 Å². The summed E-state index contributed by atoms with van der Waals surface area (Å²) < 4.78 is 3.58. The third-order valence-electron chi connectivity index (χ3n) is 3.60. The predicted molar refractivity (Wildman–Crippen MR) is 69.7 cm³/mol. The zero-order valence-electron chi connectivity index (χ0n) is 11.2. The van der Waals surface area contributed by atoms with Crippen LogP contribution in [0.3, 0.4) is 0 Å². The number of carbonyl (C=O) groups is 1. The van der Waals surface area contributed by atoms with Gasteiger partial charge in [0.25, 0.3) is 5.91 Å². The molecule has 0 aliphatic carbocycles. The summed E-state index contributed by atoms with van der Waals surface area (Å²) in [5.74, 6) is 0.0476. The van der Waals surface area contributed by atoms with Crippen LogP contribution in [0.5, 0.6) is 0 Å². The largest absolute Gasteiger partial charge is 0.335 e. The van der Waals surface area contributed by atoms with Gasteiger partial charge in [-0.25, -0.2) is 0 Å². The van der Waals surface area contributed by atoms with E-state index in [9.17, 15) is 4.79 Å². The Labute approximate surface area is 111 Å². The highest BCUT2D eigenvalue weighted by Crippen LogP contribution is 2.22. The van der Waals surface area contributed by atoms with E-state index < -0.39 is 0 Å². The normalized spacial score (nSPS) is 19.1. The third kappa shape index (κ3) is 2.14. The first-order valence-electron chi connectivity index (χ1n) is 6.43.